The number of carboxylic acid groups (broad SMARTS) is 1. The summed E-state index contributed by atoms with van der Waals surface area (Å²) >= 11 is 2.71. The first-order valence-corrected chi connectivity index (χ1v) is 7.19. The fraction of sp³-hybridized carbons (Fsp3) is 0.0667. The van der Waals surface area contributed by atoms with E-state index in [1.54, 1.807) is 24.3 Å². The molecule has 0 radical (unpaired) electrons. The van der Waals surface area contributed by atoms with Gasteiger partial charge in [0.1, 0.15) is 5.33 Å². The van der Waals surface area contributed by atoms with Crippen molar-refractivity contribution in [2.75, 3.05) is 5.33 Å². The average molecular weight is 366 g/mol. The van der Waals surface area contributed by atoms with Gasteiger partial charge in [0.25, 0.3) is 5.69 Å². The molecule has 114 valence electrons. The Morgan fingerprint density at radius 2 is 1.45 bits per heavy atom. The second-order valence-electron chi connectivity index (χ2n) is 4.03. The van der Waals surface area contributed by atoms with Crippen molar-refractivity contribution in [3.8, 4) is 0 Å². The maximum absolute atomic E-state index is 12.0. The molecule has 0 spiro atoms. The third-order valence-electron chi connectivity index (χ3n) is 2.49. The van der Waals surface area contributed by atoms with Crippen LogP contribution in [0.2, 0.25) is 0 Å². The van der Waals surface area contributed by atoms with Crippen molar-refractivity contribution in [3.63, 3.8) is 0 Å². The smallest absolute Gasteiger partial charge is 0.314 e. The Bertz CT molecular complexity index is 655. The zero-order valence-electron chi connectivity index (χ0n) is 11.3. The number of alkyl halides is 1. The van der Waals surface area contributed by atoms with Crippen molar-refractivity contribution in [1.82, 2.24) is 0 Å². The Balaban J connectivity index is 0.000000422. The van der Waals surface area contributed by atoms with Crippen LogP contribution in [-0.4, -0.2) is 27.1 Å². The van der Waals surface area contributed by atoms with Crippen LogP contribution in [0, 0.1) is 10.1 Å². The number of nitrogens with zero attached hydrogens (tertiary/aromatic N) is 1. The van der Waals surface area contributed by atoms with E-state index in [1.807, 2.05) is 6.07 Å². The molecule has 0 fully saturated rings. The molecule has 0 aliphatic carbocycles. The largest absolute Gasteiger partial charge is 0.481 e. The minimum atomic E-state index is -0.829. The molecule has 0 amide bonds. The summed E-state index contributed by atoms with van der Waals surface area (Å²) in [6, 6.07) is 14.4. The Labute approximate surface area is 134 Å². The minimum absolute atomic E-state index is 0.0189. The number of carbonyl (C=O) groups excluding carboxylic acids is 1. The second kappa shape index (κ2) is 8.68. The Kier molecular flexibility index (Phi) is 6.91. The molecule has 0 aliphatic heterocycles. The zero-order valence-corrected chi connectivity index (χ0v) is 12.9. The molecule has 2 rings (SSSR count). The number of halogens is 1. The van der Waals surface area contributed by atoms with Crippen molar-refractivity contribution in [2.24, 2.45) is 0 Å². The van der Waals surface area contributed by atoms with Crippen LogP contribution in [0.25, 0.3) is 0 Å². The maximum atomic E-state index is 12.0. The second-order valence-corrected chi connectivity index (χ2v) is 4.59. The molecule has 0 aliphatic rings. The van der Waals surface area contributed by atoms with Gasteiger partial charge in [-0.15, -0.1) is 0 Å². The molecule has 2 aromatic rings. The molecule has 0 bridgehead atoms. The SMILES string of the molecule is O=C(O)CBr.O=C(c1ccccc1)c1ccc([N+](=O)[O-])cc1. The number of benzene rings is 2. The third-order valence-corrected chi connectivity index (χ3v) is 2.97. The quantitative estimate of drug-likeness (QED) is 0.388. The first kappa shape index (κ1) is 17.5. The van der Waals surface area contributed by atoms with Gasteiger partial charge in [0, 0.05) is 23.3 Å². The lowest BCUT2D eigenvalue weighted by Crippen LogP contribution is -2.00. The Morgan fingerprint density at radius 1 is 1.00 bits per heavy atom. The highest BCUT2D eigenvalue weighted by atomic mass is 79.9. The van der Waals surface area contributed by atoms with Crippen molar-refractivity contribution >= 4 is 33.4 Å². The van der Waals surface area contributed by atoms with Crippen molar-refractivity contribution in [1.29, 1.82) is 0 Å². The molecule has 7 heteroatoms. The summed E-state index contributed by atoms with van der Waals surface area (Å²) in [5, 5.41) is 18.2. The van der Waals surface area contributed by atoms with Gasteiger partial charge in [0.2, 0.25) is 0 Å². The number of aliphatic carboxylic acids is 1. The van der Waals surface area contributed by atoms with Crippen molar-refractivity contribution < 1.29 is 19.6 Å². The molecule has 0 aromatic heterocycles. The van der Waals surface area contributed by atoms with E-state index < -0.39 is 10.9 Å². The number of carbonyl (C=O) groups is 2. The molecule has 0 saturated carbocycles. The summed E-state index contributed by atoms with van der Waals surface area (Å²) in [7, 11) is 0. The first-order chi connectivity index (χ1) is 10.5. The van der Waals surface area contributed by atoms with Gasteiger partial charge >= 0.3 is 5.97 Å². The molecular formula is C15H12BrNO5. The number of non-ortho nitro benzene ring substituents is 1. The highest BCUT2D eigenvalue weighted by Crippen LogP contribution is 2.15. The molecule has 0 unspecified atom stereocenters. The lowest BCUT2D eigenvalue weighted by molar-refractivity contribution is -0.384. The van der Waals surface area contributed by atoms with Gasteiger partial charge in [-0.25, -0.2) is 0 Å². The van der Waals surface area contributed by atoms with E-state index in [9.17, 15) is 19.7 Å². The summed E-state index contributed by atoms with van der Waals surface area (Å²) in [6.45, 7) is 0. The summed E-state index contributed by atoms with van der Waals surface area (Å²) in [6.07, 6.45) is 0. The van der Waals surface area contributed by atoms with E-state index in [-0.39, 0.29) is 16.8 Å². The van der Waals surface area contributed by atoms with Gasteiger partial charge in [-0.3, -0.25) is 19.7 Å². The molecule has 0 heterocycles. The number of carboxylic acids is 1. The van der Waals surface area contributed by atoms with E-state index in [1.165, 1.54) is 24.3 Å². The number of nitro groups is 1. The molecule has 1 N–H and O–H groups in total. The van der Waals surface area contributed by atoms with E-state index in [0.717, 1.165) is 0 Å². The lowest BCUT2D eigenvalue weighted by Gasteiger charge is -2.00. The first-order valence-electron chi connectivity index (χ1n) is 6.07. The summed E-state index contributed by atoms with van der Waals surface area (Å²) in [4.78, 5) is 31.3. The van der Waals surface area contributed by atoms with Gasteiger partial charge in [0.05, 0.1) is 4.92 Å². The molecule has 2 aromatic carbocycles. The van der Waals surface area contributed by atoms with Gasteiger partial charge in [-0.05, 0) is 12.1 Å². The lowest BCUT2D eigenvalue weighted by atomic mass is 10.0. The third kappa shape index (κ3) is 5.45. The fourth-order valence-corrected chi connectivity index (χ4v) is 1.49. The Hall–Kier alpha value is -2.54. The Morgan fingerprint density at radius 3 is 1.86 bits per heavy atom. The van der Waals surface area contributed by atoms with Crippen LogP contribution in [-0.2, 0) is 4.79 Å². The number of hydrogen-bond acceptors (Lipinski definition) is 4. The standard InChI is InChI=1S/C13H9NO3.C2H3BrO2/c15-13(10-4-2-1-3-5-10)11-6-8-12(9-7-11)14(16)17;3-1-2(4)5/h1-9H;1H2,(H,4,5). The number of rotatable bonds is 4. The molecule has 6 nitrogen and oxygen atoms in total. The van der Waals surface area contributed by atoms with E-state index in [4.69, 9.17) is 5.11 Å². The van der Waals surface area contributed by atoms with Crippen LogP contribution in [0.15, 0.2) is 54.6 Å². The van der Waals surface area contributed by atoms with Crippen LogP contribution in [0.5, 0.6) is 0 Å². The molecule has 0 saturated heterocycles. The van der Waals surface area contributed by atoms with Crippen LogP contribution < -0.4 is 0 Å². The van der Waals surface area contributed by atoms with Gasteiger partial charge in [0.15, 0.2) is 5.78 Å². The van der Waals surface area contributed by atoms with Crippen LogP contribution >= 0.6 is 15.9 Å². The summed E-state index contributed by atoms with van der Waals surface area (Å²) in [5.41, 5.74) is 0.998. The average Bonchev–Trinajstić information content (AvgIpc) is 2.55. The normalized spacial score (nSPS) is 9.32. The van der Waals surface area contributed by atoms with Gasteiger partial charge in [-0.1, -0.05) is 46.3 Å². The van der Waals surface area contributed by atoms with E-state index >= 15 is 0 Å². The predicted molar refractivity (Wildman–Crippen MR) is 84.4 cm³/mol. The van der Waals surface area contributed by atoms with Gasteiger partial charge in [-0.2, -0.15) is 0 Å². The number of hydrogen-bond donors (Lipinski definition) is 1. The monoisotopic (exact) mass is 365 g/mol. The highest BCUT2D eigenvalue weighted by molar-refractivity contribution is 9.09. The maximum Gasteiger partial charge on any atom is 0.314 e. The van der Waals surface area contributed by atoms with E-state index in [2.05, 4.69) is 15.9 Å². The van der Waals surface area contributed by atoms with Crippen molar-refractivity contribution in [2.45, 2.75) is 0 Å². The van der Waals surface area contributed by atoms with Gasteiger partial charge < -0.3 is 5.11 Å². The molecular weight excluding hydrogens is 354 g/mol. The van der Waals surface area contributed by atoms with Crippen LogP contribution in [0.3, 0.4) is 0 Å². The number of nitro benzene ring substituents is 1. The summed E-state index contributed by atoms with van der Waals surface area (Å²) < 4.78 is 0. The predicted octanol–water partition coefficient (Wildman–Crippen LogP) is 3.29. The van der Waals surface area contributed by atoms with Crippen LogP contribution in [0.4, 0.5) is 5.69 Å². The minimum Gasteiger partial charge on any atom is -0.481 e. The zero-order chi connectivity index (χ0) is 16.5. The van der Waals surface area contributed by atoms with Crippen LogP contribution in [0.1, 0.15) is 15.9 Å². The molecule has 0 atom stereocenters. The highest BCUT2D eigenvalue weighted by Gasteiger charge is 2.10. The summed E-state index contributed by atoms with van der Waals surface area (Å²) in [5.74, 6) is -0.967. The molecule has 22 heavy (non-hydrogen) atoms. The fourth-order valence-electron chi connectivity index (χ4n) is 1.49. The van der Waals surface area contributed by atoms with E-state index in [0.29, 0.717) is 11.1 Å². The number of ketones is 1. The topological polar surface area (TPSA) is 97.5 Å². The van der Waals surface area contributed by atoms with Crippen molar-refractivity contribution in [3.05, 3.63) is 75.8 Å².